The maximum absolute atomic E-state index is 11.7. The summed E-state index contributed by atoms with van der Waals surface area (Å²) in [6, 6.07) is 0. The molecular weight excluding hydrogens is 216 g/mol. The van der Waals surface area contributed by atoms with Crippen molar-refractivity contribution in [2.45, 2.75) is 58.2 Å². The van der Waals surface area contributed by atoms with Crippen molar-refractivity contribution in [2.75, 3.05) is 6.61 Å². The fraction of sp³-hybridized carbons (Fsp3) is 0.786. The highest BCUT2D eigenvalue weighted by Crippen LogP contribution is 2.51. The van der Waals surface area contributed by atoms with Gasteiger partial charge in [0.2, 0.25) is 5.79 Å². The van der Waals surface area contributed by atoms with Crippen LogP contribution in [-0.4, -0.2) is 18.4 Å². The second-order valence-electron chi connectivity index (χ2n) is 5.96. The Kier molecular flexibility index (Phi) is 2.37. The third kappa shape index (κ3) is 1.63. The van der Waals surface area contributed by atoms with Crippen molar-refractivity contribution in [3.8, 4) is 0 Å². The van der Waals surface area contributed by atoms with Gasteiger partial charge in [-0.3, -0.25) is 0 Å². The first kappa shape index (κ1) is 11.3. The van der Waals surface area contributed by atoms with E-state index in [9.17, 15) is 4.79 Å². The van der Waals surface area contributed by atoms with Gasteiger partial charge in [0.15, 0.2) is 0 Å². The third-order valence-electron chi connectivity index (χ3n) is 4.71. The lowest BCUT2D eigenvalue weighted by molar-refractivity contribution is -0.221. The van der Waals surface area contributed by atoms with Crippen LogP contribution in [0.2, 0.25) is 0 Å². The van der Waals surface area contributed by atoms with E-state index in [-0.39, 0.29) is 11.4 Å². The quantitative estimate of drug-likeness (QED) is 0.607. The van der Waals surface area contributed by atoms with E-state index >= 15 is 0 Å². The molecule has 3 rings (SSSR count). The first-order valence-corrected chi connectivity index (χ1v) is 6.62. The van der Waals surface area contributed by atoms with Crippen molar-refractivity contribution in [1.29, 1.82) is 0 Å². The van der Waals surface area contributed by atoms with Crippen LogP contribution in [0.25, 0.3) is 0 Å². The summed E-state index contributed by atoms with van der Waals surface area (Å²) in [4.78, 5) is 11.7. The van der Waals surface area contributed by atoms with Crippen molar-refractivity contribution >= 4 is 5.97 Å². The molecule has 0 bridgehead atoms. The van der Waals surface area contributed by atoms with Crippen LogP contribution in [0.15, 0.2) is 11.1 Å². The Hall–Kier alpha value is -0.830. The molecule has 1 saturated carbocycles. The van der Waals surface area contributed by atoms with Gasteiger partial charge in [0.1, 0.15) is 0 Å². The van der Waals surface area contributed by atoms with Crippen molar-refractivity contribution in [3.63, 3.8) is 0 Å². The average Bonchev–Trinajstić information content (AvgIpc) is 2.54. The first-order valence-electron chi connectivity index (χ1n) is 6.62. The minimum Gasteiger partial charge on any atom is -0.426 e. The molecule has 1 unspecified atom stereocenters. The van der Waals surface area contributed by atoms with Gasteiger partial charge in [-0.1, -0.05) is 19.3 Å². The molecule has 1 atom stereocenters. The molecule has 1 aliphatic carbocycles. The second-order valence-corrected chi connectivity index (χ2v) is 5.96. The number of esters is 1. The fourth-order valence-electron chi connectivity index (χ4n) is 3.53. The van der Waals surface area contributed by atoms with Gasteiger partial charge in [-0.05, 0) is 31.6 Å². The van der Waals surface area contributed by atoms with Crippen molar-refractivity contribution in [3.05, 3.63) is 11.1 Å². The molecule has 3 nitrogen and oxygen atoms in total. The molecule has 0 aromatic rings. The normalized spacial score (nSPS) is 36.0. The summed E-state index contributed by atoms with van der Waals surface area (Å²) in [5, 5.41) is 0. The largest absolute Gasteiger partial charge is 0.426 e. The number of carbonyl (C=O) groups excluding carboxylic acids is 1. The standard InChI is InChI=1S/C14H20O3/c1-10-11-8-14(6-4-3-5-7-14)9-16-13(11,2)17-12(10)15/h3-9H2,1-2H3. The summed E-state index contributed by atoms with van der Waals surface area (Å²) in [5.41, 5.74) is 2.15. The maximum Gasteiger partial charge on any atom is 0.336 e. The molecule has 3 heteroatoms. The van der Waals surface area contributed by atoms with E-state index in [4.69, 9.17) is 9.47 Å². The number of ether oxygens (including phenoxy) is 2. The number of carbonyl (C=O) groups is 1. The Balaban J connectivity index is 1.91. The van der Waals surface area contributed by atoms with Gasteiger partial charge in [-0.2, -0.15) is 0 Å². The summed E-state index contributed by atoms with van der Waals surface area (Å²) < 4.78 is 11.3. The average molecular weight is 236 g/mol. The van der Waals surface area contributed by atoms with Gasteiger partial charge in [0, 0.05) is 18.1 Å². The Morgan fingerprint density at radius 3 is 2.59 bits per heavy atom. The van der Waals surface area contributed by atoms with Gasteiger partial charge in [-0.15, -0.1) is 0 Å². The lowest BCUT2D eigenvalue weighted by atomic mass is 9.68. The number of hydrogen-bond donors (Lipinski definition) is 0. The number of hydrogen-bond acceptors (Lipinski definition) is 3. The van der Waals surface area contributed by atoms with E-state index in [1.807, 2.05) is 13.8 Å². The smallest absolute Gasteiger partial charge is 0.336 e. The van der Waals surface area contributed by atoms with E-state index in [1.165, 1.54) is 32.1 Å². The SMILES string of the molecule is CC1=C2CC3(CCCCC3)COC2(C)OC1=O. The summed E-state index contributed by atoms with van der Waals surface area (Å²) in [6.07, 6.45) is 7.37. The van der Waals surface area contributed by atoms with Crippen LogP contribution in [0, 0.1) is 5.41 Å². The Bertz CT molecular complexity index is 390. The molecule has 2 heterocycles. The molecule has 94 valence electrons. The van der Waals surface area contributed by atoms with Crippen LogP contribution >= 0.6 is 0 Å². The zero-order valence-corrected chi connectivity index (χ0v) is 10.7. The van der Waals surface area contributed by atoms with Gasteiger partial charge in [-0.25, -0.2) is 4.79 Å². The molecule has 1 saturated heterocycles. The van der Waals surface area contributed by atoms with E-state index in [1.54, 1.807) is 0 Å². The first-order chi connectivity index (χ1) is 8.05. The second kappa shape index (κ2) is 3.58. The van der Waals surface area contributed by atoms with Crippen LogP contribution in [0.1, 0.15) is 52.4 Å². The van der Waals surface area contributed by atoms with Crippen molar-refractivity contribution in [1.82, 2.24) is 0 Å². The Morgan fingerprint density at radius 2 is 1.88 bits per heavy atom. The molecule has 0 N–H and O–H groups in total. The minimum atomic E-state index is -0.760. The summed E-state index contributed by atoms with van der Waals surface area (Å²) in [6.45, 7) is 4.49. The molecule has 0 radical (unpaired) electrons. The van der Waals surface area contributed by atoms with Gasteiger partial charge in [0.25, 0.3) is 0 Å². The number of rotatable bonds is 0. The molecule has 1 spiro atoms. The zero-order chi connectivity index (χ0) is 12.1. The molecule has 17 heavy (non-hydrogen) atoms. The minimum absolute atomic E-state index is 0.199. The Labute approximate surface area is 102 Å². The van der Waals surface area contributed by atoms with E-state index < -0.39 is 5.79 Å². The summed E-state index contributed by atoms with van der Waals surface area (Å²) in [7, 11) is 0. The van der Waals surface area contributed by atoms with E-state index in [2.05, 4.69) is 0 Å². The number of fused-ring (bicyclic) bond motifs is 1. The van der Waals surface area contributed by atoms with Crippen LogP contribution in [0.3, 0.4) is 0 Å². The molecule has 2 aliphatic heterocycles. The predicted molar refractivity (Wildman–Crippen MR) is 63.3 cm³/mol. The van der Waals surface area contributed by atoms with Gasteiger partial charge >= 0.3 is 5.97 Å². The molecule has 0 aromatic carbocycles. The zero-order valence-electron chi connectivity index (χ0n) is 10.7. The third-order valence-corrected chi connectivity index (χ3v) is 4.71. The topological polar surface area (TPSA) is 35.5 Å². The summed E-state index contributed by atoms with van der Waals surface area (Å²) >= 11 is 0. The molecular formula is C14H20O3. The highest BCUT2D eigenvalue weighted by molar-refractivity contribution is 5.92. The van der Waals surface area contributed by atoms with Crippen LogP contribution < -0.4 is 0 Å². The van der Waals surface area contributed by atoms with Crippen molar-refractivity contribution < 1.29 is 14.3 Å². The monoisotopic (exact) mass is 236 g/mol. The van der Waals surface area contributed by atoms with Gasteiger partial charge in [0.05, 0.1) is 6.61 Å². The molecule has 0 aromatic heterocycles. The highest BCUT2D eigenvalue weighted by atomic mass is 16.7. The molecule has 3 aliphatic rings. The van der Waals surface area contributed by atoms with E-state index in [0.29, 0.717) is 0 Å². The van der Waals surface area contributed by atoms with Gasteiger partial charge < -0.3 is 9.47 Å². The lowest BCUT2D eigenvalue weighted by Crippen LogP contribution is -2.45. The molecule has 0 amide bonds. The molecule has 2 fully saturated rings. The van der Waals surface area contributed by atoms with Crippen molar-refractivity contribution in [2.24, 2.45) is 5.41 Å². The highest BCUT2D eigenvalue weighted by Gasteiger charge is 2.51. The van der Waals surface area contributed by atoms with Crippen LogP contribution in [-0.2, 0) is 14.3 Å². The predicted octanol–water partition coefficient (Wildman–Crippen LogP) is 2.95. The Morgan fingerprint density at radius 1 is 1.18 bits per heavy atom. The summed E-state index contributed by atoms with van der Waals surface area (Å²) in [5.74, 6) is -0.959. The van der Waals surface area contributed by atoms with Crippen LogP contribution in [0.5, 0.6) is 0 Å². The lowest BCUT2D eigenvalue weighted by Gasteiger charge is -2.45. The fourth-order valence-corrected chi connectivity index (χ4v) is 3.53. The van der Waals surface area contributed by atoms with E-state index in [0.717, 1.165) is 24.2 Å². The van der Waals surface area contributed by atoms with Crippen LogP contribution in [0.4, 0.5) is 0 Å². The maximum atomic E-state index is 11.7.